The lowest BCUT2D eigenvalue weighted by Crippen LogP contribution is -1.88. The van der Waals surface area contributed by atoms with Gasteiger partial charge in [0, 0.05) is 11.1 Å². The maximum atomic E-state index is 13.3. The summed E-state index contributed by atoms with van der Waals surface area (Å²) in [7, 11) is 0. The first-order valence-electron chi connectivity index (χ1n) is 5.69. The molecule has 0 aliphatic heterocycles. The number of phenolic OH excluding ortho intramolecular Hbond substituents is 1. The molecular weight excluding hydrogens is 316 g/mol. The van der Waals surface area contributed by atoms with Crippen LogP contribution in [0.15, 0.2) is 48.6 Å². The molecule has 0 aliphatic rings. The molecule has 21 heavy (non-hydrogen) atoms. The Bertz CT molecular complexity index is 675. The zero-order chi connectivity index (χ0) is 16.0. The van der Waals surface area contributed by atoms with E-state index in [9.17, 15) is 4.39 Å². The van der Waals surface area contributed by atoms with E-state index < -0.39 is 11.6 Å². The van der Waals surface area contributed by atoms with Gasteiger partial charge >= 0.3 is 0 Å². The Morgan fingerprint density at radius 3 is 2.33 bits per heavy atom. The summed E-state index contributed by atoms with van der Waals surface area (Å²) in [6.07, 6.45) is 1.15. The largest absolute Gasteiger partial charge is 0.505 e. The molecule has 0 unspecified atom stereocenters. The summed E-state index contributed by atoms with van der Waals surface area (Å²) in [6, 6.07) is 7.13. The number of aromatic hydroxyl groups is 1. The summed E-state index contributed by atoms with van der Waals surface area (Å²) in [5, 5.41) is 20.9. The fraction of sp³-hybridized carbons (Fsp3) is 0. The van der Waals surface area contributed by atoms with Gasteiger partial charge in [0.05, 0.1) is 16.3 Å². The lowest BCUT2D eigenvalue weighted by molar-refractivity contribution is 0.322. The molecule has 2 rings (SSSR count). The minimum atomic E-state index is -0.745. The van der Waals surface area contributed by atoms with Gasteiger partial charge in [0.25, 0.3) is 0 Å². The second kappa shape index (κ2) is 7.67. The SMILES string of the molecule is C=C.O/N=C/c1ccc(-c2ccc(O)c(F)c2)c(Cl)c1Cl. The van der Waals surface area contributed by atoms with Crippen LogP contribution in [0.3, 0.4) is 0 Å². The summed E-state index contributed by atoms with van der Waals surface area (Å²) in [5.41, 5.74) is 1.44. The van der Waals surface area contributed by atoms with E-state index in [-0.39, 0.29) is 10.0 Å². The summed E-state index contributed by atoms with van der Waals surface area (Å²) in [4.78, 5) is 0. The molecule has 2 N–H and O–H groups in total. The van der Waals surface area contributed by atoms with Crippen molar-refractivity contribution in [3.05, 3.63) is 64.9 Å². The standard InChI is InChI=1S/C13H8Cl2FNO2.C2H4/c14-12-8(6-17-19)1-3-9(13(12)15)7-2-4-11(18)10(16)5-7;1-2/h1-6,18-19H;1-2H2/b17-6+;. The van der Waals surface area contributed by atoms with Gasteiger partial charge < -0.3 is 10.3 Å². The first-order chi connectivity index (χ1) is 10.0. The molecule has 0 radical (unpaired) electrons. The number of hydrogen-bond donors (Lipinski definition) is 2. The van der Waals surface area contributed by atoms with Gasteiger partial charge in [-0.15, -0.1) is 13.2 Å². The van der Waals surface area contributed by atoms with Gasteiger partial charge in [0.15, 0.2) is 11.6 Å². The van der Waals surface area contributed by atoms with Crippen LogP contribution in [0, 0.1) is 5.82 Å². The van der Waals surface area contributed by atoms with E-state index in [2.05, 4.69) is 18.3 Å². The van der Waals surface area contributed by atoms with Gasteiger partial charge in [0.1, 0.15) is 0 Å². The molecule has 2 aromatic rings. The Morgan fingerprint density at radius 2 is 1.76 bits per heavy atom. The minimum Gasteiger partial charge on any atom is -0.505 e. The van der Waals surface area contributed by atoms with E-state index in [4.69, 9.17) is 33.5 Å². The first-order valence-corrected chi connectivity index (χ1v) is 6.44. The number of phenols is 1. The maximum Gasteiger partial charge on any atom is 0.165 e. The van der Waals surface area contributed by atoms with Crippen LogP contribution in [0.2, 0.25) is 10.0 Å². The van der Waals surface area contributed by atoms with Crippen molar-refractivity contribution in [2.45, 2.75) is 0 Å². The van der Waals surface area contributed by atoms with Crippen molar-refractivity contribution in [2.24, 2.45) is 5.16 Å². The van der Waals surface area contributed by atoms with Crippen molar-refractivity contribution < 1.29 is 14.7 Å². The van der Waals surface area contributed by atoms with Crippen LogP contribution in [-0.2, 0) is 0 Å². The predicted molar refractivity (Wildman–Crippen MR) is 84.2 cm³/mol. The predicted octanol–water partition coefficient (Wildman–Crippen LogP) is 5.12. The molecular formula is C15H12Cl2FNO2. The molecule has 3 nitrogen and oxygen atoms in total. The van der Waals surface area contributed by atoms with Crippen LogP contribution in [0.4, 0.5) is 4.39 Å². The number of nitrogens with zero attached hydrogens (tertiary/aromatic N) is 1. The van der Waals surface area contributed by atoms with Crippen molar-refractivity contribution >= 4 is 29.4 Å². The minimum absolute atomic E-state index is 0.199. The van der Waals surface area contributed by atoms with Crippen molar-refractivity contribution in [3.8, 4) is 16.9 Å². The van der Waals surface area contributed by atoms with Crippen LogP contribution >= 0.6 is 23.2 Å². The fourth-order valence-electron chi connectivity index (χ4n) is 1.62. The normalized spacial score (nSPS) is 10.2. The van der Waals surface area contributed by atoms with E-state index in [1.54, 1.807) is 12.1 Å². The molecule has 0 aromatic heterocycles. The second-order valence-corrected chi connectivity index (χ2v) is 4.50. The summed E-state index contributed by atoms with van der Waals surface area (Å²) in [6.45, 7) is 6.00. The highest BCUT2D eigenvalue weighted by atomic mass is 35.5. The van der Waals surface area contributed by atoms with Crippen LogP contribution < -0.4 is 0 Å². The third kappa shape index (κ3) is 3.74. The van der Waals surface area contributed by atoms with Crippen LogP contribution in [0.5, 0.6) is 5.75 Å². The molecule has 0 saturated carbocycles. The molecule has 0 fully saturated rings. The first kappa shape index (κ1) is 17.0. The lowest BCUT2D eigenvalue weighted by atomic mass is 10.0. The number of halogens is 3. The number of benzene rings is 2. The van der Waals surface area contributed by atoms with Crippen molar-refractivity contribution in [1.29, 1.82) is 0 Å². The molecule has 0 saturated heterocycles. The van der Waals surface area contributed by atoms with E-state index in [1.165, 1.54) is 12.1 Å². The van der Waals surface area contributed by atoms with Crippen LogP contribution in [-0.4, -0.2) is 16.5 Å². The Labute approximate surface area is 131 Å². The molecule has 0 atom stereocenters. The lowest BCUT2D eigenvalue weighted by Gasteiger charge is -2.08. The third-order valence-corrected chi connectivity index (χ3v) is 3.46. The second-order valence-electron chi connectivity index (χ2n) is 3.74. The molecule has 0 spiro atoms. The monoisotopic (exact) mass is 327 g/mol. The highest BCUT2D eigenvalue weighted by molar-refractivity contribution is 6.45. The molecule has 2 aromatic carbocycles. The maximum absolute atomic E-state index is 13.3. The summed E-state index contributed by atoms with van der Waals surface area (Å²) < 4.78 is 13.3. The Hall–Kier alpha value is -2.04. The molecule has 0 heterocycles. The van der Waals surface area contributed by atoms with Crippen molar-refractivity contribution in [1.82, 2.24) is 0 Å². The fourth-order valence-corrected chi connectivity index (χ4v) is 2.12. The van der Waals surface area contributed by atoms with Gasteiger partial charge in [-0.3, -0.25) is 0 Å². The highest BCUT2D eigenvalue weighted by Crippen LogP contribution is 2.36. The van der Waals surface area contributed by atoms with E-state index >= 15 is 0 Å². The smallest absolute Gasteiger partial charge is 0.165 e. The molecule has 0 aliphatic carbocycles. The Balaban J connectivity index is 0.00000106. The van der Waals surface area contributed by atoms with E-state index in [1.807, 2.05) is 0 Å². The molecule has 0 bridgehead atoms. The third-order valence-electron chi connectivity index (χ3n) is 2.57. The quantitative estimate of drug-likeness (QED) is 0.348. The van der Waals surface area contributed by atoms with Gasteiger partial charge in [-0.1, -0.05) is 46.6 Å². The van der Waals surface area contributed by atoms with Crippen LogP contribution in [0.25, 0.3) is 11.1 Å². The Morgan fingerprint density at radius 1 is 1.10 bits per heavy atom. The van der Waals surface area contributed by atoms with E-state index in [0.717, 1.165) is 12.3 Å². The molecule has 6 heteroatoms. The number of hydrogen-bond acceptors (Lipinski definition) is 3. The van der Waals surface area contributed by atoms with Crippen molar-refractivity contribution in [2.75, 3.05) is 0 Å². The van der Waals surface area contributed by atoms with E-state index in [0.29, 0.717) is 16.7 Å². The topological polar surface area (TPSA) is 52.8 Å². The van der Waals surface area contributed by atoms with Gasteiger partial charge in [0.2, 0.25) is 0 Å². The van der Waals surface area contributed by atoms with Crippen LogP contribution in [0.1, 0.15) is 5.56 Å². The van der Waals surface area contributed by atoms with Gasteiger partial charge in [-0.2, -0.15) is 0 Å². The number of oxime groups is 1. The molecule has 110 valence electrons. The zero-order valence-electron chi connectivity index (χ0n) is 10.9. The van der Waals surface area contributed by atoms with Gasteiger partial charge in [-0.25, -0.2) is 4.39 Å². The summed E-state index contributed by atoms with van der Waals surface area (Å²) >= 11 is 12.1. The highest BCUT2D eigenvalue weighted by Gasteiger charge is 2.12. The molecule has 0 amide bonds. The average molecular weight is 328 g/mol. The van der Waals surface area contributed by atoms with Crippen molar-refractivity contribution in [3.63, 3.8) is 0 Å². The summed E-state index contributed by atoms with van der Waals surface area (Å²) in [5.74, 6) is -1.18. The number of rotatable bonds is 2. The average Bonchev–Trinajstić information content (AvgIpc) is 2.49. The van der Waals surface area contributed by atoms with Gasteiger partial charge in [-0.05, 0) is 17.7 Å². The zero-order valence-corrected chi connectivity index (χ0v) is 12.4. The Kier molecular flexibility index (Phi) is 6.21.